The summed E-state index contributed by atoms with van der Waals surface area (Å²) in [4.78, 5) is 10.6. The summed E-state index contributed by atoms with van der Waals surface area (Å²) in [6, 6.07) is 0. The van der Waals surface area contributed by atoms with E-state index in [1.807, 2.05) is 26.0 Å². The van der Waals surface area contributed by atoms with Gasteiger partial charge in [0.15, 0.2) is 0 Å². The molecule has 1 nitrogen and oxygen atoms in total. The van der Waals surface area contributed by atoms with Crippen LogP contribution in [0.25, 0.3) is 0 Å². The Morgan fingerprint density at radius 2 is 2.20 bits per heavy atom. The Balaban J connectivity index is -0.000000107. The molecule has 0 saturated carbocycles. The van der Waals surface area contributed by atoms with Crippen LogP contribution in [0.2, 0.25) is 0 Å². The largest absolute Gasteiger partial charge is 2.00 e. The second kappa shape index (κ2) is 7.29. The van der Waals surface area contributed by atoms with Gasteiger partial charge in [0.25, 0.3) is 0 Å². The molecule has 0 fully saturated rings. The number of hydrogen-bond acceptors (Lipinski definition) is 1. The van der Waals surface area contributed by atoms with Gasteiger partial charge in [0.05, 0.1) is 0 Å². The second-order valence-electron chi connectivity index (χ2n) is 2.32. The van der Waals surface area contributed by atoms with Gasteiger partial charge in [-0.25, -0.2) is 0 Å². The van der Waals surface area contributed by atoms with E-state index in [0.29, 0.717) is 0 Å². The molecule has 0 radical (unpaired) electrons. The summed E-state index contributed by atoms with van der Waals surface area (Å²) < 4.78 is 0. The summed E-state index contributed by atoms with van der Waals surface area (Å²) in [5, 5.41) is 0. The minimum absolute atomic E-state index is 0. The van der Waals surface area contributed by atoms with E-state index in [4.69, 9.17) is 0 Å². The minimum Gasteiger partial charge on any atom is -1.00 e. The van der Waals surface area contributed by atoms with Crippen molar-refractivity contribution in [3.05, 3.63) is 12.2 Å². The normalized spacial score (nSPS) is 12.7. The fourth-order valence-corrected chi connectivity index (χ4v) is 0.506. The molecule has 0 saturated heterocycles. The van der Waals surface area contributed by atoms with Gasteiger partial charge in [-0.05, 0) is 20.3 Å². The van der Waals surface area contributed by atoms with E-state index in [2.05, 4.69) is 0 Å². The average Bonchev–Trinajstić information content (AvgIpc) is 1.82. The molecule has 0 bridgehead atoms. The van der Waals surface area contributed by atoms with Crippen LogP contribution in [0, 0.1) is 5.92 Å². The van der Waals surface area contributed by atoms with Crippen molar-refractivity contribution < 1.29 is 7.65 Å². The van der Waals surface area contributed by atoms with Gasteiger partial charge in [-0.1, -0.05) is 19.1 Å². The third-order valence-corrected chi connectivity index (χ3v) is 1.42. The van der Waals surface area contributed by atoms with E-state index in [-0.39, 0.29) is 37.6 Å². The third kappa shape index (κ3) is 6.30. The van der Waals surface area contributed by atoms with Crippen LogP contribution < -0.4 is 0 Å². The maximum absolute atomic E-state index is 10.6. The fourth-order valence-electron chi connectivity index (χ4n) is 0.506. The van der Waals surface area contributed by atoms with Crippen LogP contribution >= 0.6 is 0 Å². The van der Waals surface area contributed by atoms with Gasteiger partial charge in [0, 0.05) is 5.92 Å². The van der Waals surface area contributed by atoms with E-state index in [1.54, 1.807) is 6.92 Å². The zero-order valence-electron chi connectivity index (χ0n) is 9.05. The molecule has 0 spiro atoms. The van der Waals surface area contributed by atoms with Gasteiger partial charge < -0.3 is 2.85 Å². The average molecular weight is 153 g/mol. The summed E-state index contributed by atoms with van der Waals surface area (Å²) >= 11 is 0. The van der Waals surface area contributed by atoms with Crippen molar-refractivity contribution in [3.8, 4) is 0 Å². The van der Waals surface area contributed by atoms with Crippen LogP contribution in [0.4, 0.5) is 0 Å². The van der Waals surface area contributed by atoms with Gasteiger partial charge in [-0.2, -0.15) is 0 Å². The van der Waals surface area contributed by atoms with E-state index in [9.17, 15) is 4.79 Å². The Morgan fingerprint density at radius 1 is 1.70 bits per heavy atom. The second-order valence-corrected chi connectivity index (χ2v) is 2.32. The van der Waals surface area contributed by atoms with Crippen molar-refractivity contribution in [1.82, 2.24) is 0 Å². The Hall–Kier alpha value is 0.176. The topological polar surface area (TPSA) is 17.1 Å². The maximum atomic E-state index is 10.6. The molecule has 10 heavy (non-hydrogen) atoms. The van der Waals surface area contributed by atoms with Crippen LogP contribution in [0.3, 0.4) is 0 Å². The van der Waals surface area contributed by atoms with Crippen molar-refractivity contribution in [3.63, 3.8) is 0 Å². The van der Waals surface area contributed by atoms with E-state index < -0.39 is 0 Å². The molecule has 2 heteroatoms. The zero-order valence-corrected chi connectivity index (χ0v) is 8.47. The first-order valence-corrected chi connectivity index (χ1v) is 3.30. The molecule has 0 amide bonds. The molecule has 0 N–H and O–H groups in total. The zero-order chi connectivity index (χ0) is 7.28. The smallest absolute Gasteiger partial charge is 1.00 e. The Labute approximate surface area is 82.0 Å². The molecule has 1 unspecified atom stereocenters. The van der Waals surface area contributed by atoms with E-state index in [0.717, 1.165) is 6.42 Å². The number of ketones is 1. The molecule has 0 aliphatic rings. The molecule has 0 aromatic rings. The number of carbonyl (C=O) groups is 1. The Bertz CT molecular complexity index is 126. The van der Waals surface area contributed by atoms with Crippen LogP contribution in [0.1, 0.15) is 30.0 Å². The van der Waals surface area contributed by atoms with Crippen molar-refractivity contribution in [2.75, 3.05) is 0 Å². The molecular formula is C8H16MgO. The number of rotatable bonds is 3. The summed E-state index contributed by atoms with van der Waals surface area (Å²) in [5.41, 5.74) is 0. The van der Waals surface area contributed by atoms with Gasteiger partial charge in [0.1, 0.15) is 5.78 Å². The Morgan fingerprint density at radius 3 is 2.50 bits per heavy atom. The van der Waals surface area contributed by atoms with Crippen molar-refractivity contribution in [1.29, 1.82) is 0 Å². The third-order valence-electron chi connectivity index (χ3n) is 1.42. The monoisotopic (exact) mass is 152 g/mol. The van der Waals surface area contributed by atoms with Gasteiger partial charge in [-0.3, -0.25) is 4.79 Å². The first kappa shape index (κ1) is 12.8. The molecule has 0 aliphatic heterocycles. The number of allylic oxidation sites excluding steroid dienone is 2. The molecule has 0 aliphatic carbocycles. The number of Topliss-reactive ketones (excluding diaryl/α,β-unsaturated/α-hetero) is 1. The molecule has 0 rings (SSSR count). The van der Waals surface area contributed by atoms with Crippen molar-refractivity contribution in [2.45, 2.75) is 27.2 Å². The van der Waals surface area contributed by atoms with Crippen LogP contribution in [0.15, 0.2) is 12.2 Å². The SMILES string of the molecule is CC=CCC(C)C(C)=O.[H-].[H-].[Mg+2]. The van der Waals surface area contributed by atoms with Crippen LogP contribution in [0.5, 0.6) is 0 Å². The minimum atomic E-state index is 0. The summed E-state index contributed by atoms with van der Waals surface area (Å²) in [6.07, 6.45) is 4.87. The Kier molecular flexibility index (Phi) is 9.34. The van der Waals surface area contributed by atoms with Crippen LogP contribution in [-0.2, 0) is 4.79 Å². The van der Waals surface area contributed by atoms with Gasteiger partial charge >= 0.3 is 23.1 Å². The van der Waals surface area contributed by atoms with Crippen molar-refractivity contribution in [2.24, 2.45) is 5.92 Å². The maximum Gasteiger partial charge on any atom is 2.00 e. The standard InChI is InChI=1S/C8H14O.Mg.2H/c1-4-5-6-7(2)8(3)9;;;/h4-5,7H,6H2,1-3H3;;;/q;+2;2*-1. The van der Waals surface area contributed by atoms with Crippen LogP contribution in [-0.4, -0.2) is 28.8 Å². The first-order valence-electron chi connectivity index (χ1n) is 3.30. The van der Waals surface area contributed by atoms with Gasteiger partial charge in [-0.15, -0.1) is 0 Å². The number of hydrogen-bond donors (Lipinski definition) is 0. The molecule has 0 heterocycles. The predicted molar refractivity (Wildman–Crippen MR) is 47.3 cm³/mol. The molecule has 1 atom stereocenters. The first-order chi connectivity index (χ1) is 4.18. The summed E-state index contributed by atoms with van der Waals surface area (Å²) in [6.45, 7) is 5.54. The number of carbonyl (C=O) groups excluding carboxylic acids is 1. The van der Waals surface area contributed by atoms with E-state index in [1.165, 1.54) is 0 Å². The summed E-state index contributed by atoms with van der Waals surface area (Å²) in [5.74, 6) is 0.467. The van der Waals surface area contributed by atoms with Gasteiger partial charge in [0.2, 0.25) is 0 Å². The predicted octanol–water partition coefficient (Wildman–Crippen LogP) is 2.02. The summed E-state index contributed by atoms with van der Waals surface area (Å²) in [7, 11) is 0. The quantitative estimate of drug-likeness (QED) is 0.447. The molecule has 56 valence electrons. The van der Waals surface area contributed by atoms with Crippen molar-refractivity contribution >= 4 is 28.8 Å². The molecular weight excluding hydrogens is 136 g/mol. The molecule has 0 aromatic heterocycles. The van der Waals surface area contributed by atoms with E-state index >= 15 is 0 Å². The molecule has 0 aromatic carbocycles. The fraction of sp³-hybridized carbons (Fsp3) is 0.625.